The summed E-state index contributed by atoms with van der Waals surface area (Å²) in [7, 11) is 0. The van der Waals surface area contributed by atoms with E-state index in [0.29, 0.717) is 36.6 Å². The minimum absolute atomic E-state index is 0.217. The smallest absolute Gasteiger partial charge is 0.307 e. The number of benzene rings is 1. The first-order valence-electron chi connectivity index (χ1n) is 6.59. The minimum atomic E-state index is -0.800. The van der Waals surface area contributed by atoms with Crippen molar-refractivity contribution in [2.45, 2.75) is 33.7 Å². The van der Waals surface area contributed by atoms with E-state index in [0.717, 1.165) is 0 Å². The molecule has 0 radical (unpaired) electrons. The summed E-state index contributed by atoms with van der Waals surface area (Å²) in [6.07, 6.45) is 0.624. The Morgan fingerprint density at radius 2 is 2.11 bits per heavy atom. The number of nitrogens with one attached hydrogen (secondary N) is 1. The van der Waals surface area contributed by atoms with Crippen molar-refractivity contribution in [2.24, 2.45) is 11.8 Å². The van der Waals surface area contributed by atoms with Gasteiger partial charge in [0.1, 0.15) is 5.82 Å². The number of rotatable bonds is 7. The third kappa shape index (κ3) is 4.99. The molecule has 1 aromatic rings. The molecule has 1 atom stereocenters. The van der Waals surface area contributed by atoms with Crippen molar-refractivity contribution in [3.63, 3.8) is 0 Å². The summed E-state index contributed by atoms with van der Waals surface area (Å²) in [5.41, 5.74) is 1.19. The molecule has 19 heavy (non-hydrogen) atoms. The van der Waals surface area contributed by atoms with Crippen LogP contribution in [0.15, 0.2) is 18.2 Å². The topological polar surface area (TPSA) is 49.3 Å². The van der Waals surface area contributed by atoms with Crippen LogP contribution in [-0.2, 0) is 11.3 Å². The monoisotopic (exact) mass is 267 g/mol. The molecule has 0 aliphatic heterocycles. The van der Waals surface area contributed by atoms with Crippen molar-refractivity contribution in [1.29, 1.82) is 0 Å². The van der Waals surface area contributed by atoms with Crippen molar-refractivity contribution >= 4 is 5.97 Å². The van der Waals surface area contributed by atoms with E-state index >= 15 is 0 Å². The molecule has 2 N–H and O–H groups in total. The van der Waals surface area contributed by atoms with E-state index < -0.39 is 11.9 Å². The molecule has 106 valence electrons. The van der Waals surface area contributed by atoms with Crippen LogP contribution in [0.5, 0.6) is 0 Å². The highest BCUT2D eigenvalue weighted by Crippen LogP contribution is 2.13. The van der Waals surface area contributed by atoms with Crippen LogP contribution in [0.3, 0.4) is 0 Å². The largest absolute Gasteiger partial charge is 0.481 e. The van der Waals surface area contributed by atoms with Gasteiger partial charge in [0.25, 0.3) is 0 Å². The minimum Gasteiger partial charge on any atom is -0.481 e. The summed E-state index contributed by atoms with van der Waals surface area (Å²) in [4.78, 5) is 11.1. The van der Waals surface area contributed by atoms with Gasteiger partial charge >= 0.3 is 5.97 Å². The van der Waals surface area contributed by atoms with E-state index in [2.05, 4.69) is 5.32 Å². The Morgan fingerprint density at radius 1 is 1.42 bits per heavy atom. The maximum Gasteiger partial charge on any atom is 0.307 e. The van der Waals surface area contributed by atoms with Crippen molar-refractivity contribution in [3.8, 4) is 0 Å². The number of aliphatic carboxylic acids is 1. The summed E-state index contributed by atoms with van der Waals surface area (Å²) in [5, 5.41) is 12.1. The normalized spacial score (nSPS) is 12.7. The van der Waals surface area contributed by atoms with E-state index in [1.165, 1.54) is 0 Å². The van der Waals surface area contributed by atoms with Crippen LogP contribution in [0.25, 0.3) is 0 Å². The number of carbonyl (C=O) groups is 1. The van der Waals surface area contributed by atoms with Crippen LogP contribution in [0.2, 0.25) is 0 Å². The Balaban J connectivity index is 2.52. The molecule has 3 nitrogen and oxygen atoms in total. The standard InChI is InChI=1S/C15H22FNO2/c1-10(2)7-13(15(18)19)9-17-8-12-6-4-5-11(3)14(12)16/h4-6,10,13,17H,7-9H2,1-3H3,(H,18,19). The zero-order valence-corrected chi connectivity index (χ0v) is 11.7. The Morgan fingerprint density at radius 3 is 2.68 bits per heavy atom. The van der Waals surface area contributed by atoms with Crippen molar-refractivity contribution in [2.75, 3.05) is 6.54 Å². The molecule has 0 heterocycles. The number of hydrogen-bond donors (Lipinski definition) is 2. The zero-order valence-electron chi connectivity index (χ0n) is 11.7. The molecule has 1 unspecified atom stereocenters. The van der Waals surface area contributed by atoms with Gasteiger partial charge in [0, 0.05) is 18.7 Å². The maximum absolute atomic E-state index is 13.7. The maximum atomic E-state index is 13.7. The number of carboxylic acid groups (broad SMARTS) is 1. The Kier molecular flexibility index (Phi) is 5.96. The summed E-state index contributed by atoms with van der Waals surface area (Å²) < 4.78 is 13.7. The van der Waals surface area contributed by atoms with Gasteiger partial charge in [-0.3, -0.25) is 4.79 Å². The van der Waals surface area contributed by atoms with Gasteiger partial charge in [-0.2, -0.15) is 0 Å². The highest BCUT2D eigenvalue weighted by molar-refractivity contribution is 5.70. The van der Waals surface area contributed by atoms with E-state index in [9.17, 15) is 9.18 Å². The van der Waals surface area contributed by atoms with Gasteiger partial charge in [-0.25, -0.2) is 4.39 Å². The Hall–Kier alpha value is -1.42. The number of hydrogen-bond acceptors (Lipinski definition) is 2. The molecule has 1 rings (SSSR count). The summed E-state index contributed by atoms with van der Waals surface area (Å²) in [5.74, 6) is -1.11. The van der Waals surface area contributed by atoms with E-state index in [-0.39, 0.29) is 5.82 Å². The van der Waals surface area contributed by atoms with E-state index in [1.54, 1.807) is 25.1 Å². The molecule has 0 aliphatic carbocycles. The number of carboxylic acids is 1. The second kappa shape index (κ2) is 7.24. The highest BCUT2D eigenvalue weighted by atomic mass is 19.1. The molecular formula is C15H22FNO2. The van der Waals surface area contributed by atoms with Crippen LogP contribution >= 0.6 is 0 Å². The van der Waals surface area contributed by atoms with Gasteiger partial charge in [0.2, 0.25) is 0 Å². The average Bonchev–Trinajstić information content (AvgIpc) is 2.32. The fourth-order valence-electron chi connectivity index (χ4n) is 2.07. The predicted octanol–water partition coefficient (Wildman–Crippen LogP) is 2.97. The van der Waals surface area contributed by atoms with Crippen molar-refractivity contribution in [3.05, 3.63) is 35.1 Å². The molecule has 0 amide bonds. The second-order valence-corrected chi connectivity index (χ2v) is 5.34. The molecule has 0 aromatic heterocycles. The first kappa shape index (κ1) is 15.6. The third-order valence-electron chi connectivity index (χ3n) is 3.08. The lowest BCUT2D eigenvalue weighted by atomic mass is 9.97. The molecule has 4 heteroatoms. The van der Waals surface area contributed by atoms with Crippen molar-refractivity contribution < 1.29 is 14.3 Å². The van der Waals surface area contributed by atoms with Gasteiger partial charge in [-0.15, -0.1) is 0 Å². The van der Waals surface area contributed by atoms with Gasteiger partial charge in [0.15, 0.2) is 0 Å². The van der Waals surface area contributed by atoms with Crippen LogP contribution in [0.4, 0.5) is 4.39 Å². The lowest BCUT2D eigenvalue weighted by Crippen LogP contribution is -2.29. The zero-order chi connectivity index (χ0) is 14.4. The SMILES string of the molecule is Cc1cccc(CNCC(CC(C)C)C(=O)O)c1F. The van der Waals surface area contributed by atoms with E-state index in [4.69, 9.17) is 5.11 Å². The summed E-state index contributed by atoms with van der Waals surface area (Å²) >= 11 is 0. The average molecular weight is 267 g/mol. The Labute approximate surface area is 113 Å². The van der Waals surface area contributed by atoms with Crippen molar-refractivity contribution in [1.82, 2.24) is 5.32 Å². The van der Waals surface area contributed by atoms with Gasteiger partial charge < -0.3 is 10.4 Å². The molecular weight excluding hydrogens is 245 g/mol. The molecule has 0 spiro atoms. The third-order valence-corrected chi connectivity index (χ3v) is 3.08. The van der Waals surface area contributed by atoms with Gasteiger partial charge in [-0.1, -0.05) is 32.0 Å². The molecule has 0 aliphatic rings. The highest BCUT2D eigenvalue weighted by Gasteiger charge is 2.18. The van der Waals surface area contributed by atoms with Crippen LogP contribution in [0.1, 0.15) is 31.4 Å². The Bertz CT molecular complexity index is 432. The predicted molar refractivity (Wildman–Crippen MR) is 73.4 cm³/mol. The molecule has 0 bridgehead atoms. The molecule has 1 aromatic carbocycles. The molecule has 0 saturated carbocycles. The number of halogens is 1. The van der Waals surface area contributed by atoms with Crippen LogP contribution in [0, 0.1) is 24.6 Å². The molecule has 0 fully saturated rings. The van der Waals surface area contributed by atoms with Gasteiger partial charge in [0.05, 0.1) is 5.92 Å². The molecule has 0 saturated heterocycles. The lowest BCUT2D eigenvalue weighted by Gasteiger charge is -2.15. The van der Waals surface area contributed by atoms with Gasteiger partial charge in [-0.05, 0) is 24.8 Å². The lowest BCUT2D eigenvalue weighted by molar-refractivity contribution is -0.142. The quantitative estimate of drug-likeness (QED) is 0.798. The first-order chi connectivity index (χ1) is 8.91. The number of aryl methyl sites for hydroxylation is 1. The fourth-order valence-corrected chi connectivity index (χ4v) is 2.07. The fraction of sp³-hybridized carbons (Fsp3) is 0.533. The summed E-state index contributed by atoms with van der Waals surface area (Å²) in [6, 6.07) is 5.24. The summed E-state index contributed by atoms with van der Waals surface area (Å²) in [6.45, 7) is 6.43. The first-order valence-corrected chi connectivity index (χ1v) is 6.59. The van der Waals surface area contributed by atoms with Crippen LogP contribution in [-0.4, -0.2) is 17.6 Å². The van der Waals surface area contributed by atoms with Crippen LogP contribution < -0.4 is 5.32 Å². The van der Waals surface area contributed by atoms with E-state index in [1.807, 2.05) is 13.8 Å². The second-order valence-electron chi connectivity index (χ2n) is 5.34.